The summed E-state index contributed by atoms with van der Waals surface area (Å²) in [4.78, 5) is 21.2. The number of anilines is 1. The summed E-state index contributed by atoms with van der Waals surface area (Å²) in [6.45, 7) is 15.0. The molecule has 5 aliphatic rings. The van der Waals surface area contributed by atoms with E-state index in [9.17, 15) is 13.2 Å². The molecule has 3 heterocycles. The van der Waals surface area contributed by atoms with Crippen LogP contribution in [0.5, 0.6) is 5.75 Å². The number of nitrogens with zero attached hydrogens (tertiary/aromatic N) is 3. The molecule has 3 aliphatic heterocycles. The van der Waals surface area contributed by atoms with Gasteiger partial charge in [0.1, 0.15) is 11.4 Å². The first-order chi connectivity index (χ1) is 24.8. The third-order valence-corrected chi connectivity index (χ3v) is 15.4. The Morgan fingerprint density at radius 1 is 1.08 bits per heavy atom. The molecule has 0 radical (unpaired) electrons. The van der Waals surface area contributed by atoms with Crippen LogP contribution < -0.4 is 14.4 Å². The van der Waals surface area contributed by atoms with Gasteiger partial charge in [0.15, 0.2) is 0 Å². The van der Waals surface area contributed by atoms with Crippen LogP contribution in [0.15, 0.2) is 48.6 Å². The number of piperazine rings is 1. The molecule has 1 saturated carbocycles. The molecule has 2 aromatic rings. The number of fused-ring (bicyclic) bond motifs is 4. The van der Waals surface area contributed by atoms with Crippen molar-refractivity contribution in [1.82, 2.24) is 14.5 Å². The summed E-state index contributed by atoms with van der Waals surface area (Å²) in [5, 5.41) is -0.0215. The molecule has 2 fully saturated rings. The van der Waals surface area contributed by atoms with Gasteiger partial charge in [-0.15, -0.1) is 0 Å². The number of carbonyl (C=O) groups is 1. The van der Waals surface area contributed by atoms with E-state index in [0.29, 0.717) is 30.6 Å². The van der Waals surface area contributed by atoms with Crippen molar-refractivity contribution in [3.05, 3.63) is 70.3 Å². The molecule has 9 nitrogen and oxygen atoms in total. The Kier molecular flexibility index (Phi) is 10.8. The highest BCUT2D eigenvalue weighted by atomic mass is 35.5. The molecular weight excluding hydrogens is 696 g/mol. The fourth-order valence-electron chi connectivity index (χ4n) is 9.59. The molecule has 1 N–H and O–H groups in total. The van der Waals surface area contributed by atoms with Crippen LogP contribution in [0.2, 0.25) is 5.02 Å². The highest BCUT2D eigenvalue weighted by Crippen LogP contribution is 2.49. The zero-order valence-corrected chi connectivity index (χ0v) is 33.1. The molecule has 284 valence electrons. The Hall–Kier alpha value is -2.63. The normalized spacial score (nSPS) is 33.3. The second kappa shape index (κ2) is 14.9. The predicted molar refractivity (Wildman–Crippen MR) is 208 cm³/mol. The number of amides is 1. The fourth-order valence-corrected chi connectivity index (χ4v) is 11.1. The van der Waals surface area contributed by atoms with Gasteiger partial charge < -0.3 is 14.4 Å². The van der Waals surface area contributed by atoms with Crippen LogP contribution in [0.4, 0.5) is 5.69 Å². The zero-order valence-electron chi connectivity index (χ0n) is 31.6. The second-order valence-electron chi connectivity index (χ2n) is 16.6. The molecule has 7 rings (SSSR count). The molecule has 0 unspecified atom stereocenters. The van der Waals surface area contributed by atoms with Crippen molar-refractivity contribution in [2.24, 2.45) is 17.8 Å². The van der Waals surface area contributed by atoms with Crippen LogP contribution in [0.1, 0.15) is 81.3 Å². The van der Waals surface area contributed by atoms with Gasteiger partial charge in [-0.25, -0.2) is 13.1 Å². The fraction of sp³-hybridized carbons (Fsp3) is 0.634. The molecule has 2 bridgehead atoms. The summed E-state index contributed by atoms with van der Waals surface area (Å²) < 4.78 is 43.0. The van der Waals surface area contributed by atoms with Crippen LogP contribution >= 0.6 is 11.6 Å². The maximum Gasteiger partial charge on any atom is 0.264 e. The molecule has 11 heteroatoms. The maximum absolute atomic E-state index is 13.6. The summed E-state index contributed by atoms with van der Waals surface area (Å²) in [6, 6.07) is 12.2. The average Bonchev–Trinajstić information content (AvgIpc) is 3.25. The van der Waals surface area contributed by atoms with Gasteiger partial charge in [0.25, 0.3) is 5.91 Å². The number of halogens is 1. The smallest absolute Gasteiger partial charge is 0.264 e. The minimum Gasteiger partial charge on any atom is -0.490 e. The molecule has 6 atom stereocenters. The summed E-state index contributed by atoms with van der Waals surface area (Å²) in [6.07, 6.45) is 10.1. The van der Waals surface area contributed by atoms with Gasteiger partial charge in [-0.1, -0.05) is 36.7 Å². The van der Waals surface area contributed by atoms with Gasteiger partial charge in [0, 0.05) is 75.0 Å². The van der Waals surface area contributed by atoms with Crippen molar-refractivity contribution < 1.29 is 22.7 Å². The molecular formula is C41H57ClN4O5S. The molecule has 0 aromatic heterocycles. The zero-order chi connectivity index (χ0) is 36.8. The van der Waals surface area contributed by atoms with E-state index in [1.807, 2.05) is 32.2 Å². The van der Waals surface area contributed by atoms with Crippen LogP contribution in [0.3, 0.4) is 0 Å². The van der Waals surface area contributed by atoms with Gasteiger partial charge in [-0.05, 0) is 119 Å². The summed E-state index contributed by atoms with van der Waals surface area (Å²) in [5.74, 6) is 0.515. The van der Waals surface area contributed by atoms with Gasteiger partial charge in [0.05, 0.1) is 17.5 Å². The molecule has 1 saturated heterocycles. The van der Waals surface area contributed by atoms with E-state index in [4.69, 9.17) is 21.1 Å². The lowest BCUT2D eigenvalue weighted by molar-refractivity contribution is -0.0961. The van der Waals surface area contributed by atoms with Gasteiger partial charge in [-0.3, -0.25) is 14.6 Å². The molecule has 2 aliphatic carbocycles. The topological polar surface area (TPSA) is 91.4 Å². The maximum atomic E-state index is 13.6. The van der Waals surface area contributed by atoms with Crippen LogP contribution in [-0.4, -0.2) is 101 Å². The first-order valence-corrected chi connectivity index (χ1v) is 21.3. The Bertz CT molecular complexity index is 1780. The molecule has 1 amide bonds. The number of methoxy groups -OCH3 is 1. The predicted octanol–water partition coefficient (Wildman–Crippen LogP) is 6.29. The largest absolute Gasteiger partial charge is 0.490 e. The van der Waals surface area contributed by atoms with E-state index >= 15 is 0 Å². The van der Waals surface area contributed by atoms with Gasteiger partial charge >= 0.3 is 0 Å². The number of benzene rings is 2. The third kappa shape index (κ3) is 7.27. The van der Waals surface area contributed by atoms with E-state index < -0.39 is 26.8 Å². The van der Waals surface area contributed by atoms with Gasteiger partial charge in [-0.2, -0.15) is 0 Å². The number of hydrogen-bond donors (Lipinski definition) is 1. The van der Waals surface area contributed by atoms with Crippen LogP contribution in [0.25, 0.3) is 0 Å². The Labute approximate surface area is 316 Å². The van der Waals surface area contributed by atoms with Crippen LogP contribution in [0, 0.1) is 17.8 Å². The number of allylic oxidation sites excluding steroid dienone is 1. The highest BCUT2D eigenvalue weighted by Gasteiger charge is 2.50. The van der Waals surface area contributed by atoms with E-state index in [-0.39, 0.29) is 17.3 Å². The van der Waals surface area contributed by atoms with Crippen molar-refractivity contribution in [2.75, 3.05) is 64.4 Å². The lowest BCUT2D eigenvalue weighted by atomic mass is 9.63. The Morgan fingerprint density at radius 2 is 1.87 bits per heavy atom. The summed E-state index contributed by atoms with van der Waals surface area (Å²) >= 11 is 6.50. The number of sulfonamides is 1. The van der Waals surface area contributed by atoms with Crippen molar-refractivity contribution >= 4 is 33.2 Å². The summed E-state index contributed by atoms with van der Waals surface area (Å²) in [7, 11) is -2.09. The van der Waals surface area contributed by atoms with E-state index in [2.05, 4.69) is 57.6 Å². The quantitative estimate of drug-likeness (QED) is 0.365. The van der Waals surface area contributed by atoms with Gasteiger partial charge in [0.2, 0.25) is 10.0 Å². The monoisotopic (exact) mass is 752 g/mol. The Morgan fingerprint density at radius 3 is 2.58 bits per heavy atom. The molecule has 52 heavy (non-hydrogen) atoms. The molecule has 1 spiro atoms. The van der Waals surface area contributed by atoms with Crippen molar-refractivity contribution in [3.8, 4) is 5.75 Å². The second-order valence-corrected chi connectivity index (χ2v) is 19.1. The minimum absolute atomic E-state index is 0.212. The number of aryl methyl sites for hydroxylation is 1. The minimum atomic E-state index is -3.95. The van der Waals surface area contributed by atoms with Crippen LogP contribution in [-0.2, 0) is 26.6 Å². The third-order valence-electron chi connectivity index (χ3n) is 13.2. The van der Waals surface area contributed by atoms with Crippen molar-refractivity contribution in [3.63, 3.8) is 0 Å². The first kappa shape index (κ1) is 37.7. The number of hydrogen-bond acceptors (Lipinski definition) is 8. The van der Waals surface area contributed by atoms with E-state index in [0.717, 1.165) is 94.4 Å². The number of nitrogens with one attached hydrogen (secondary N) is 1. The standard InChI is InChI=1S/C41H57ClN4O5S/c1-28(2)45-20-18-44(19-21-45)26-41(50-5)17-6-8-29(3)30(4)52(48,49)43-39(47)32-11-15-38-37(23-32)46(24-33-10-13-36(33)41)25-40(27-51-38)16-7-9-31-22-34(42)12-14-35(31)40/h6,11-12,14-15,17,22-23,28-30,33,36H,7-10,13,16,18-21,24-27H2,1-5H3,(H,43,47)/b17-6-/t29-,30+,33-,36+,40-,41+/m0/s1. The highest BCUT2D eigenvalue weighted by molar-refractivity contribution is 7.90. The SMILES string of the molecule is CO[C@@]1(CN2CCN(C(C)C)CC2)/C=C\C[C@H](C)[C@@H](C)S(=O)(=O)NC(=O)c2ccc3c(c2)N(C[C@@H]2CC[C@H]21)C[C@@]1(CCCc2cc(Cl)ccc21)CO3. The number of rotatable bonds is 4. The van der Waals surface area contributed by atoms with E-state index in [1.54, 1.807) is 13.0 Å². The average molecular weight is 753 g/mol. The lowest BCUT2D eigenvalue weighted by Crippen LogP contribution is -2.59. The van der Waals surface area contributed by atoms with Crippen molar-refractivity contribution in [2.45, 2.75) is 88.5 Å². The lowest BCUT2D eigenvalue weighted by Gasteiger charge is -2.52. The molecule has 2 aromatic carbocycles. The van der Waals surface area contributed by atoms with E-state index in [1.165, 1.54) is 11.1 Å². The number of ether oxygens (including phenoxy) is 2. The first-order valence-electron chi connectivity index (χ1n) is 19.4. The number of carbonyl (C=O) groups excluding carboxylic acids is 1. The van der Waals surface area contributed by atoms with Crippen molar-refractivity contribution in [1.29, 1.82) is 0 Å². The Balaban J connectivity index is 1.29. The summed E-state index contributed by atoms with van der Waals surface area (Å²) in [5.41, 5.74) is 2.93.